The maximum Gasteiger partial charge on any atom is 0.268 e. The largest absolute Gasteiger partial charge is 0.490 e. The summed E-state index contributed by atoms with van der Waals surface area (Å²) in [5.41, 5.74) is 1.82. The Labute approximate surface area is 124 Å². The highest BCUT2D eigenvalue weighted by molar-refractivity contribution is 6.00. The zero-order chi connectivity index (χ0) is 14.2. The Balaban J connectivity index is 1.67. The number of nitrogens with one attached hydrogen (secondary N) is 1. The molecule has 1 saturated carbocycles. The molecular formula is C17H20N2O2. The number of hydrogen-bond acceptors (Lipinski definition) is 2. The quantitative estimate of drug-likeness (QED) is 0.921. The molecule has 2 aliphatic rings. The highest BCUT2D eigenvalue weighted by atomic mass is 16.5. The van der Waals surface area contributed by atoms with E-state index in [1.54, 1.807) is 0 Å². The Bertz CT molecular complexity index is 683. The van der Waals surface area contributed by atoms with Crippen molar-refractivity contribution in [1.29, 1.82) is 0 Å². The minimum absolute atomic E-state index is 0.0611. The Morgan fingerprint density at radius 3 is 2.95 bits per heavy atom. The molecule has 21 heavy (non-hydrogen) atoms. The van der Waals surface area contributed by atoms with Crippen molar-refractivity contribution in [1.82, 2.24) is 9.88 Å². The predicted octanol–water partition coefficient (Wildman–Crippen LogP) is 3.10. The summed E-state index contributed by atoms with van der Waals surface area (Å²) in [6, 6.07) is 8.33. The number of carbonyl (C=O) groups excluding carboxylic acids is 1. The van der Waals surface area contributed by atoms with Crippen LogP contribution in [0.2, 0.25) is 0 Å². The number of para-hydroxylation sites is 1. The van der Waals surface area contributed by atoms with Crippen LogP contribution in [-0.2, 0) is 6.54 Å². The van der Waals surface area contributed by atoms with Crippen molar-refractivity contribution in [3.05, 3.63) is 30.0 Å². The summed E-state index contributed by atoms with van der Waals surface area (Å²) in [6.07, 6.45) is 5.98. The van der Waals surface area contributed by atoms with Crippen LogP contribution in [0.1, 0.15) is 42.6 Å². The first-order valence-corrected chi connectivity index (χ1v) is 7.89. The second-order valence-corrected chi connectivity index (χ2v) is 6.03. The lowest BCUT2D eigenvalue weighted by Crippen LogP contribution is -2.37. The molecule has 0 spiro atoms. The average molecular weight is 284 g/mol. The third-order valence-electron chi connectivity index (χ3n) is 4.63. The van der Waals surface area contributed by atoms with Gasteiger partial charge >= 0.3 is 0 Å². The van der Waals surface area contributed by atoms with Gasteiger partial charge in [0.25, 0.3) is 5.91 Å². The highest BCUT2D eigenvalue weighted by Gasteiger charge is 2.23. The van der Waals surface area contributed by atoms with Crippen molar-refractivity contribution < 1.29 is 9.53 Å². The molecule has 1 aliphatic carbocycles. The summed E-state index contributed by atoms with van der Waals surface area (Å²) in [6.45, 7) is 1.37. The Kier molecular flexibility index (Phi) is 3.09. The highest BCUT2D eigenvalue weighted by Crippen LogP contribution is 2.31. The second-order valence-electron chi connectivity index (χ2n) is 6.03. The first kappa shape index (κ1) is 12.7. The molecule has 1 N–H and O–H groups in total. The van der Waals surface area contributed by atoms with Gasteiger partial charge in [-0.1, -0.05) is 31.4 Å². The predicted molar refractivity (Wildman–Crippen MR) is 81.8 cm³/mol. The van der Waals surface area contributed by atoms with E-state index in [1.165, 1.54) is 19.3 Å². The first-order chi connectivity index (χ1) is 10.3. The number of benzene rings is 1. The molecule has 0 atom stereocenters. The third kappa shape index (κ3) is 2.19. The lowest BCUT2D eigenvalue weighted by Gasteiger charge is -2.24. The normalized spacial score (nSPS) is 18.5. The van der Waals surface area contributed by atoms with E-state index in [0.29, 0.717) is 12.6 Å². The number of ether oxygens (including phenoxy) is 1. The van der Waals surface area contributed by atoms with Gasteiger partial charge in [0.2, 0.25) is 0 Å². The van der Waals surface area contributed by atoms with Crippen molar-refractivity contribution >= 4 is 16.8 Å². The van der Waals surface area contributed by atoms with Gasteiger partial charge in [0.15, 0.2) is 0 Å². The summed E-state index contributed by atoms with van der Waals surface area (Å²) in [4.78, 5) is 12.6. The molecule has 0 bridgehead atoms. The van der Waals surface area contributed by atoms with Crippen molar-refractivity contribution in [2.75, 3.05) is 6.61 Å². The Hall–Kier alpha value is -1.97. The van der Waals surface area contributed by atoms with Crippen LogP contribution < -0.4 is 10.1 Å². The van der Waals surface area contributed by atoms with Crippen LogP contribution in [0.5, 0.6) is 5.75 Å². The molecule has 4 heteroatoms. The van der Waals surface area contributed by atoms with Gasteiger partial charge < -0.3 is 14.6 Å². The summed E-state index contributed by atoms with van der Waals surface area (Å²) >= 11 is 0. The van der Waals surface area contributed by atoms with Gasteiger partial charge in [0, 0.05) is 11.4 Å². The van der Waals surface area contributed by atoms with Gasteiger partial charge in [0.05, 0.1) is 12.1 Å². The first-order valence-electron chi connectivity index (χ1n) is 7.89. The molecule has 1 aliphatic heterocycles. The third-order valence-corrected chi connectivity index (χ3v) is 4.63. The van der Waals surface area contributed by atoms with Gasteiger partial charge in [-0.2, -0.15) is 0 Å². The molecule has 4 rings (SSSR count). The van der Waals surface area contributed by atoms with Crippen molar-refractivity contribution in [3.8, 4) is 5.75 Å². The van der Waals surface area contributed by atoms with E-state index in [9.17, 15) is 4.79 Å². The van der Waals surface area contributed by atoms with Crippen LogP contribution in [0, 0.1) is 0 Å². The van der Waals surface area contributed by atoms with E-state index in [-0.39, 0.29) is 5.91 Å². The fourth-order valence-corrected chi connectivity index (χ4v) is 3.58. The van der Waals surface area contributed by atoms with Crippen LogP contribution in [0.15, 0.2) is 24.3 Å². The van der Waals surface area contributed by atoms with Crippen LogP contribution in [0.4, 0.5) is 0 Å². The molecule has 0 saturated heterocycles. The zero-order valence-corrected chi connectivity index (χ0v) is 12.1. The smallest absolute Gasteiger partial charge is 0.268 e. The number of carbonyl (C=O) groups is 1. The second kappa shape index (κ2) is 5.10. The molecule has 0 radical (unpaired) electrons. The fourth-order valence-electron chi connectivity index (χ4n) is 3.58. The number of rotatable bonds is 2. The van der Waals surface area contributed by atoms with Crippen LogP contribution in [0.25, 0.3) is 10.9 Å². The number of aromatic nitrogens is 1. The lowest BCUT2D eigenvalue weighted by atomic mass is 9.95. The lowest BCUT2D eigenvalue weighted by molar-refractivity contribution is 0.0917. The van der Waals surface area contributed by atoms with Gasteiger partial charge in [0.1, 0.15) is 18.1 Å². The molecule has 2 aromatic rings. The van der Waals surface area contributed by atoms with E-state index >= 15 is 0 Å². The number of nitrogens with zero attached hydrogens (tertiary/aromatic N) is 1. The SMILES string of the molecule is O=C(NC1CCCCC1)c1cc2cccc3c2n1CCO3. The topological polar surface area (TPSA) is 43.3 Å². The van der Waals surface area contributed by atoms with E-state index < -0.39 is 0 Å². The number of hydrogen-bond donors (Lipinski definition) is 1. The van der Waals surface area contributed by atoms with Crippen molar-refractivity contribution in [2.45, 2.75) is 44.7 Å². The van der Waals surface area contributed by atoms with Gasteiger partial charge in [-0.25, -0.2) is 0 Å². The molecule has 110 valence electrons. The van der Waals surface area contributed by atoms with Crippen LogP contribution in [-0.4, -0.2) is 23.1 Å². The van der Waals surface area contributed by atoms with E-state index in [2.05, 4.69) is 9.88 Å². The Morgan fingerprint density at radius 1 is 1.24 bits per heavy atom. The monoisotopic (exact) mass is 284 g/mol. The minimum Gasteiger partial charge on any atom is -0.490 e. The van der Waals surface area contributed by atoms with Gasteiger partial charge in [-0.3, -0.25) is 4.79 Å². The molecule has 0 unspecified atom stereocenters. The van der Waals surface area contributed by atoms with Crippen molar-refractivity contribution in [2.24, 2.45) is 0 Å². The Morgan fingerprint density at radius 2 is 2.10 bits per heavy atom. The average Bonchev–Trinajstić information content (AvgIpc) is 2.90. The standard InChI is InChI=1S/C17H20N2O2/c20-17(18-13-6-2-1-3-7-13)14-11-12-5-4-8-15-16(12)19(14)9-10-21-15/h4-5,8,11,13H,1-3,6-7,9-10H2,(H,18,20). The summed E-state index contributed by atoms with van der Waals surface area (Å²) < 4.78 is 7.79. The van der Waals surface area contributed by atoms with Crippen molar-refractivity contribution in [3.63, 3.8) is 0 Å². The number of amides is 1. The van der Waals surface area contributed by atoms with Gasteiger partial charge in [-0.05, 0) is 25.0 Å². The van der Waals surface area contributed by atoms with E-state index in [0.717, 1.165) is 41.7 Å². The van der Waals surface area contributed by atoms with E-state index in [4.69, 9.17) is 4.74 Å². The molecule has 1 aromatic heterocycles. The molecule has 1 fully saturated rings. The summed E-state index contributed by atoms with van der Waals surface area (Å²) in [5.74, 6) is 0.946. The van der Waals surface area contributed by atoms with Crippen LogP contribution >= 0.6 is 0 Å². The maximum absolute atomic E-state index is 12.6. The van der Waals surface area contributed by atoms with Crippen LogP contribution in [0.3, 0.4) is 0 Å². The van der Waals surface area contributed by atoms with E-state index in [1.807, 2.05) is 24.3 Å². The minimum atomic E-state index is 0.0611. The summed E-state index contributed by atoms with van der Waals surface area (Å²) in [5, 5.41) is 4.30. The molecule has 1 amide bonds. The molecule has 1 aromatic carbocycles. The fraction of sp³-hybridized carbons (Fsp3) is 0.471. The van der Waals surface area contributed by atoms with Gasteiger partial charge in [-0.15, -0.1) is 0 Å². The molecule has 2 heterocycles. The maximum atomic E-state index is 12.6. The molecular weight excluding hydrogens is 264 g/mol. The summed E-state index contributed by atoms with van der Waals surface area (Å²) in [7, 11) is 0. The zero-order valence-electron chi connectivity index (χ0n) is 12.1. The molecule has 4 nitrogen and oxygen atoms in total.